The highest BCUT2D eigenvalue weighted by atomic mass is 19.1. The summed E-state index contributed by atoms with van der Waals surface area (Å²) in [5, 5.41) is 2.70. The summed E-state index contributed by atoms with van der Waals surface area (Å²) in [7, 11) is 1.37. The van der Waals surface area contributed by atoms with E-state index in [1.165, 1.54) is 19.2 Å². The summed E-state index contributed by atoms with van der Waals surface area (Å²) in [4.78, 5) is 22.9. The average Bonchev–Trinajstić information content (AvgIpc) is 3.20. The lowest BCUT2D eigenvalue weighted by molar-refractivity contribution is -0.147. The molecule has 0 aliphatic heterocycles. The van der Waals surface area contributed by atoms with Crippen molar-refractivity contribution in [2.75, 3.05) is 13.7 Å². The lowest BCUT2D eigenvalue weighted by Crippen LogP contribution is -2.30. The molecule has 2 rings (SSSR count). The van der Waals surface area contributed by atoms with Gasteiger partial charge in [0.25, 0.3) is 5.91 Å². The number of carbonyl (C=O) groups is 2. The maximum Gasteiger partial charge on any atom is 0.310 e. The van der Waals surface area contributed by atoms with Crippen LogP contribution >= 0.6 is 0 Å². The molecule has 0 heterocycles. The summed E-state index contributed by atoms with van der Waals surface area (Å²) in [6.45, 7) is -0.298. The number of ether oxygens (including phenoxy) is 2. The van der Waals surface area contributed by atoms with Crippen molar-refractivity contribution in [3.63, 3.8) is 0 Å². The van der Waals surface area contributed by atoms with Crippen molar-refractivity contribution in [1.29, 1.82) is 0 Å². The smallest absolute Gasteiger partial charge is 0.310 e. The first-order valence-corrected chi connectivity index (χ1v) is 6.36. The van der Waals surface area contributed by atoms with Gasteiger partial charge in [-0.2, -0.15) is 0 Å². The molecule has 108 valence electrons. The van der Waals surface area contributed by atoms with Crippen molar-refractivity contribution in [2.45, 2.75) is 25.3 Å². The topological polar surface area (TPSA) is 64.6 Å². The zero-order valence-corrected chi connectivity index (χ0v) is 11.1. The van der Waals surface area contributed by atoms with Crippen LogP contribution in [-0.4, -0.2) is 31.6 Å². The van der Waals surface area contributed by atoms with Crippen molar-refractivity contribution in [2.24, 2.45) is 0 Å². The van der Waals surface area contributed by atoms with E-state index in [4.69, 9.17) is 9.47 Å². The van der Waals surface area contributed by atoms with E-state index in [-0.39, 0.29) is 30.7 Å². The zero-order valence-electron chi connectivity index (χ0n) is 11.1. The Morgan fingerprint density at radius 3 is 2.75 bits per heavy atom. The summed E-state index contributed by atoms with van der Waals surface area (Å²) < 4.78 is 23.0. The summed E-state index contributed by atoms with van der Waals surface area (Å²) >= 11 is 0. The molecule has 1 aromatic carbocycles. The molecule has 1 amide bonds. The van der Waals surface area contributed by atoms with E-state index in [1.54, 1.807) is 6.07 Å². The third-order valence-corrected chi connectivity index (χ3v) is 2.87. The Bertz CT molecular complexity index is 514. The number of esters is 1. The molecule has 1 aliphatic carbocycles. The second kappa shape index (κ2) is 6.36. The fraction of sp³-hybridized carbons (Fsp3) is 0.429. The van der Waals surface area contributed by atoms with Gasteiger partial charge in [0.05, 0.1) is 13.5 Å². The van der Waals surface area contributed by atoms with Crippen LogP contribution in [0.3, 0.4) is 0 Å². The molecule has 0 saturated heterocycles. The molecule has 0 radical (unpaired) electrons. The highest BCUT2D eigenvalue weighted by Gasteiger charge is 2.23. The Labute approximate surface area is 116 Å². The highest BCUT2D eigenvalue weighted by Crippen LogP contribution is 2.19. The van der Waals surface area contributed by atoms with E-state index in [2.05, 4.69) is 5.32 Å². The summed E-state index contributed by atoms with van der Waals surface area (Å²) in [5.41, 5.74) is 0.468. The van der Waals surface area contributed by atoms with Crippen molar-refractivity contribution < 1.29 is 23.5 Å². The van der Waals surface area contributed by atoms with E-state index < -0.39 is 11.8 Å². The first-order chi connectivity index (χ1) is 9.58. The monoisotopic (exact) mass is 281 g/mol. The van der Waals surface area contributed by atoms with Crippen molar-refractivity contribution in [3.05, 3.63) is 29.6 Å². The Hall–Kier alpha value is -2.11. The van der Waals surface area contributed by atoms with Crippen molar-refractivity contribution in [3.8, 4) is 5.75 Å². The van der Waals surface area contributed by atoms with Gasteiger partial charge in [0.2, 0.25) is 0 Å². The van der Waals surface area contributed by atoms with Crippen LogP contribution in [-0.2, 0) is 20.7 Å². The normalized spacial score (nSPS) is 13.7. The molecular weight excluding hydrogens is 265 g/mol. The van der Waals surface area contributed by atoms with Crippen LogP contribution in [0.2, 0.25) is 0 Å². The second-order valence-electron chi connectivity index (χ2n) is 4.65. The predicted octanol–water partition coefficient (Wildman–Crippen LogP) is 1.20. The number of methoxy groups -OCH3 is 1. The third-order valence-electron chi connectivity index (χ3n) is 2.87. The molecule has 5 nitrogen and oxygen atoms in total. The molecule has 1 fully saturated rings. The maximum atomic E-state index is 13.4. The average molecular weight is 281 g/mol. The molecule has 1 saturated carbocycles. The third kappa shape index (κ3) is 4.22. The first kappa shape index (κ1) is 14.3. The fourth-order valence-electron chi connectivity index (χ4n) is 1.68. The van der Waals surface area contributed by atoms with Gasteiger partial charge in [0.15, 0.2) is 18.2 Å². The van der Waals surface area contributed by atoms with Crippen molar-refractivity contribution in [1.82, 2.24) is 5.32 Å². The Kier molecular flexibility index (Phi) is 4.55. The second-order valence-corrected chi connectivity index (χ2v) is 4.65. The summed E-state index contributed by atoms with van der Waals surface area (Å²) in [6, 6.07) is 4.46. The predicted molar refractivity (Wildman–Crippen MR) is 68.8 cm³/mol. The molecule has 1 aromatic rings. The number of benzene rings is 1. The number of amides is 1. The fourth-order valence-corrected chi connectivity index (χ4v) is 1.68. The summed E-state index contributed by atoms with van der Waals surface area (Å²) in [5.74, 6) is -1.29. The van der Waals surface area contributed by atoms with E-state index >= 15 is 0 Å². The van der Waals surface area contributed by atoms with Crippen LogP contribution in [0.25, 0.3) is 0 Å². The quantitative estimate of drug-likeness (QED) is 0.796. The highest BCUT2D eigenvalue weighted by molar-refractivity contribution is 5.81. The standard InChI is InChI=1S/C14H16FNO4/c1-19-12-5-2-9(6-11(12)15)7-14(18)20-8-13(17)16-10-3-4-10/h2,5-6,10H,3-4,7-8H2,1H3,(H,16,17). The number of hydrogen-bond donors (Lipinski definition) is 1. The number of hydrogen-bond acceptors (Lipinski definition) is 4. The van der Waals surface area contributed by atoms with Crippen LogP contribution in [0.15, 0.2) is 18.2 Å². The van der Waals surface area contributed by atoms with Crippen LogP contribution in [0.5, 0.6) is 5.75 Å². The lowest BCUT2D eigenvalue weighted by Gasteiger charge is -2.07. The number of rotatable bonds is 6. The van der Waals surface area contributed by atoms with Gasteiger partial charge < -0.3 is 14.8 Å². The van der Waals surface area contributed by atoms with Gasteiger partial charge in [-0.05, 0) is 30.5 Å². The minimum atomic E-state index is -0.569. The SMILES string of the molecule is COc1ccc(CC(=O)OCC(=O)NC2CC2)cc1F. The molecular formula is C14H16FNO4. The Balaban J connectivity index is 1.78. The first-order valence-electron chi connectivity index (χ1n) is 6.36. The van der Waals surface area contributed by atoms with Gasteiger partial charge in [-0.15, -0.1) is 0 Å². The lowest BCUT2D eigenvalue weighted by atomic mass is 10.1. The van der Waals surface area contributed by atoms with Gasteiger partial charge in [0.1, 0.15) is 0 Å². The van der Waals surface area contributed by atoms with Gasteiger partial charge in [-0.1, -0.05) is 6.07 Å². The van der Waals surface area contributed by atoms with Gasteiger partial charge in [-0.3, -0.25) is 9.59 Å². The largest absolute Gasteiger partial charge is 0.494 e. The van der Waals surface area contributed by atoms with Crippen LogP contribution < -0.4 is 10.1 Å². The van der Waals surface area contributed by atoms with Gasteiger partial charge in [-0.25, -0.2) is 4.39 Å². The molecule has 1 N–H and O–H groups in total. The van der Waals surface area contributed by atoms with Gasteiger partial charge >= 0.3 is 5.97 Å². The Morgan fingerprint density at radius 1 is 1.40 bits per heavy atom. The Morgan fingerprint density at radius 2 is 2.15 bits per heavy atom. The number of halogens is 1. The van der Waals surface area contributed by atoms with Gasteiger partial charge in [0, 0.05) is 6.04 Å². The molecule has 0 spiro atoms. The van der Waals surface area contributed by atoms with E-state index in [9.17, 15) is 14.0 Å². The molecule has 0 bridgehead atoms. The molecule has 20 heavy (non-hydrogen) atoms. The maximum absolute atomic E-state index is 13.4. The van der Waals surface area contributed by atoms with Crippen LogP contribution in [0, 0.1) is 5.82 Å². The molecule has 0 unspecified atom stereocenters. The molecule has 6 heteroatoms. The van der Waals surface area contributed by atoms with E-state index in [0.717, 1.165) is 12.8 Å². The van der Waals surface area contributed by atoms with Crippen LogP contribution in [0.1, 0.15) is 18.4 Å². The molecule has 1 aliphatic rings. The summed E-state index contributed by atoms with van der Waals surface area (Å²) in [6.07, 6.45) is 1.87. The number of nitrogens with one attached hydrogen (secondary N) is 1. The zero-order chi connectivity index (χ0) is 14.5. The van der Waals surface area contributed by atoms with Crippen molar-refractivity contribution >= 4 is 11.9 Å². The minimum absolute atomic E-state index is 0.0857. The van der Waals surface area contributed by atoms with E-state index in [1.807, 2.05) is 0 Å². The molecule has 0 aromatic heterocycles. The van der Waals surface area contributed by atoms with E-state index in [0.29, 0.717) is 5.56 Å². The minimum Gasteiger partial charge on any atom is -0.494 e. The molecule has 0 atom stereocenters. The number of carbonyl (C=O) groups excluding carboxylic acids is 2. The van der Waals surface area contributed by atoms with Crippen LogP contribution in [0.4, 0.5) is 4.39 Å².